The Morgan fingerprint density at radius 3 is 3.00 bits per heavy atom. The van der Waals surface area contributed by atoms with Crippen LogP contribution in [0.5, 0.6) is 0 Å². The molecule has 3 nitrogen and oxygen atoms in total. The molecular weight excluding hydrogens is 268 g/mol. The second-order valence-electron chi connectivity index (χ2n) is 4.53. The Hall–Kier alpha value is -0.610. The molecule has 0 saturated heterocycles. The maximum absolute atomic E-state index is 9.44. The normalized spacial score (nSPS) is 24.7. The van der Waals surface area contributed by atoms with Gasteiger partial charge in [0.25, 0.3) is 0 Å². The first-order valence-electron chi connectivity index (χ1n) is 5.69. The molecule has 0 bridgehead atoms. The smallest absolute Gasteiger partial charge is 0.128 e. The lowest BCUT2D eigenvalue weighted by molar-refractivity contribution is 0.178. The number of aromatic nitrogens is 1. The molecule has 1 saturated carbocycles. The van der Waals surface area contributed by atoms with Gasteiger partial charge in [-0.2, -0.15) is 0 Å². The molecule has 2 N–H and O–H groups in total. The number of hydrogen-bond acceptors (Lipinski definition) is 3. The Bertz CT molecular complexity index is 370. The van der Waals surface area contributed by atoms with Gasteiger partial charge in [-0.3, -0.25) is 0 Å². The van der Waals surface area contributed by atoms with Crippen LogP contribution in [-0.2, 0) is 0 Å². The molecule has 1 heterocycles. The fraction of sp³-hybridized carbons (Fsp3) is 0.583. The van der Waals surface area contributed by atoms with Crippen molar-refractivity contribution in [3.8, 4) is 0 Å². The van der Waals surface area contributed by atoms with E-state index in [1.165, 1.54) is 0 Å². The highest BCUT2D eigenvalue weighted by Gasteiger charge is 2.22. The predicted octanol–water partition coefficient (Wildman–Crippen LogP) is 2.73. The largest absolute Gasteiger partial charge is 0.393 e. The lowest BCUT2D eigenvalue weighted by Crippen LogP contribution is -2.14. The highest BCUT2D eigenvalue weighted by atomic mass is 79.9. The molecule has 1 aliphatic carbocycles. The van der Waals surface area contributed by atoms with Crippen LogP contribution in [0.1, 0.15) is 24.8 Å². The summed E-state index contributed by atoms with van der Waals surface area (Å²) in [5.74, 6) is 1.53. The minimum Gasteiger partial charge on any atom is -0.393 e. The number of rotatable bonds is 3. The Kier molecular flexibility index (Phi) is 3.82. The summed E-state index contributed by atoms with van der Waals surface area (Å²) in [5, 5.41) is 12.8. The van der Waals surface area contributed by atoms with Crippen molar-refractivity contribution in [2.24, 2.45) is 5.92 Å². The molecule has 16 heavy (non-hydrogen) atoms. The van der Waals surface area contributed by atoms with E-state index in [2.05, 4.69) is 32.3 Å². The van der Waals surface area contributed by atoms with Crippen molar-refractivity contribution in [1.29, 1.82) is 0 Å². The summed E-state index contributed by atoms with van der Waals surface area (Å²) in [6, 6.07) is 2.05. The summed E-state index contributed by atoms with van der Waals surface area (Å²) in [4.78, 5) is 4.34. The van der Waals surface area contributed by atoms with Crippen LogP contribution in [0.3, 0.4) is 0 Å². The van der Waals surface area contributed by atoms with Gasteiger partial charge in [-0.05, 0) is 59.7 Å². The molecule has 1 aliphatic rings. The lowest BCUT2D eigenvalue weighted by Gasteiger charge is -2.13. The van der Waals surface area contributed by atoms with Gasteiger partial charge in [-0.25, -0.2) is 4.98 Å². The van der Waals surface area contributed by atoms with E-state index in [-0.39, 0.29) is 6.10 Å². The van der Waals surface area contributed by atoms with E-state index >= 15 is 0 Å². The molecule has 2 atom stereocenters. The number of halogens is 1. The Labute approximate surface area is 104 Å². The van der Waals surface area contributed by atoms with Gasteiger partial charge in [0.2, 0.25) is 0 Å². The Morgan fingerprint density at radius 2 is 2.38 bits per heavy atom. The average molecular weight is 285 g/mol. The zero-order valence-electron chi connectivity index (χ0n) is 9.41. The molecular formula is C12H17BrN2O. The monoisotopic (exact) mass is 284 g/mol. The molecule has 0 spiro atoms. The summed E-state index contributed by atoms with van der Waals surface area (Å²) in [6.45, 7) is 2.95. The third-order valence-corrected chi connectivity index (χ3v) is 3.55. The van der Waals surface area contributed by atoms with E-state index in [4.69, 9.17) is 0 Å². The number of anilines is 1. The molecule has 1 aromatic heterocycles. The van der Waals surface area contributed by atoms with Crippen LogP contribution in [0.25, 0.3) is 0 Å². The highest BCUT2D eigenvalue weighted by Crippen LogP contribution is 2.26. The maximum atomic E-state index is 9.44. The van der Waals surface area contributed by atoms with Crippen LogP contribution in [0, 0.1) is 12.8 Å². The molecule has 0 radical (unpaired) electrons. The number of nitrogens with one attached hydrogen (secondary N) is 1. The summed E-state index contributed by atoms with van der Waals surface area (Å²) in [6.07, 6.45) is 4.69. The van der Waals surface area contributed by atoms with Gasteiger partial charge < -0.3 is 10.4 Å². The number of aliphatic hydroxyl groups excluding tert-OH is 1. The number of aryl methyl sites for hydroxylation is 1. The standard InChI is InChI=1S/C12H17BrN2O/c1-8-4-10(13)7-15-12(8)14-6-9-2-3-11(16)5-9/h4,7,9,11,16H,2-3,5-6H2,1H3,(H,14,15). The quantitative estimate of drug-likeness (QED) is 0.897. The maximum Gasteiger partial charge on any atom is 0.128 e. The van der Waals surface area contributed by atoms with Crippen LogP contribution < -0.4 is 5.32 Å². The number of nitrogens with zero attached hydrogens (tertiary/aromatic N) is 1. The van der Waals surface area contributed by atoms with E-state index < -0.39 is 0 Å². The van der Waals surface area contributed by atoms with Gasteiger partial charge in [0.05, 0.1) is 6.10 Å². The molecule has 1 fully saturated rings. The zero-order valence-corrected chi connectivity index (χ0v) is 11.0. The van der Waals surface area contributed by atoms with Crippen molar-refractivity contribution in [2.75, 3.05) is 11.9 Å². The summed E-state index contributed by atoms with van der Waals surface area (Å²) < 4.78 is 1.01. The van der Waals surface area contributed by atoms with Crippen molar-refractivity contribution < 1.29 is 5.11 Å². The molecule has 0 aliphatic heterocycles. The predicted molar refractivity (Wildman–Crippen MR) is 68.5 cm³/mol. The second kappa shape index (κ2) is 5.15. The summed E-state index contributed by atoms with van der Waals surface area (Å²) in [7, 11) is 0. The lowest BCUT2D eigenvalue weighted by atomic mass is 10.1. The molecule has 2 rings (SSSR count). The number of aliphatic hydroxyl groups is 1. The van der Waals surface area contributed by atoms with Gasteiger partial charge >= 0.3 is 0 Å². The van der Waals surface area contributed by atoms with Gasteiger partial charge in [-0.15, -0.1) is 0 Å². The summed E-state index contributed by atoms with van der Waals surface area (Å²) in [5.41, 5.74) is 1.15. The molecule has 88 valence electrons. The first-order valence-corrected chi connectivity index (χ1v) is 6.48. The minimum absolute atomic E-state index is 0.0919. The van der Waals surface area contributed by atoms with E-state index in [9.17, 15) is 5.11 Å². The van der Waals surface area contributed by atoms with Crippen molar-refractivity contribution >= 4 is 21.7 Å². The Morgan fingerprint density at radius 1 is 1.56 bits per heavy atom. The molecule has 0 aromatic carbocycles. The summed E-state index contributed by atoms with van der Waals surface area (Å²) >= 11 is 3.40. The molecule has 4 heteroatoms. The highest BCUT2D eigenvalue weighted by molar-refractivity contribution is 9.10. The van der Waals surface area contributed by atoms with Crippen LogP contribution >= 0.6 is 15.9 Å². The fourth-order valence-electron chi connectivity index (χ4n) is 2.20. The third-order valence-electron chi connectivity index (χ3n) is 3.12. The third kappa shape index (κ3) is 2.95. The molecule has 1 aromatic rings. The first kappa shape index (κ1) is 11.9. The van der Waals surface area contributed by atoms with Crippen molar-refractivity contribution in [3.05, 3.63) is 22.3 Å². The van der Waals surface area contributed by atoms with Crippen LogP contribution in [-0.4, -0.2) is 22.7 Å². The molecule has 2 unspecified atom stereocenters. The van der Waals surface area contributed by atoms with E-state index in [0.29, 0.717) is 5.92 Å². The minimum atomic E-state index is -0.0919. The average Bonchev–Trinajstić information content (AvgIpc) is 2.63. The Balaban J connectivity index is 1.89. The van der Waals surface area contributed by atoms with E-state index in [0.717, 1.165) is 41.7 Å². The van der Waals surface area contributed by atoms with Crippen LogP contribution in [0.15, 0.2) is 16.7 Å². The van der Waals surface area contributed by atoms with Gasteiger partial charge in [0.1, 0.15) is 5.82 Å². The van der Waals surface area contributed by atoms with Gasteiger partial charge in [-0.1, -0.05) is 0 Å². The number of pyridine rings is 1. The van der Waals surface area contributed by atoms with Crippen molar-refractivity contribution in [2.45, 2.75) is 32.3 Å². The fourth-order valence-corrected chi connectivity index (χ4v) is 2.65. The zero-order chi connectivity index (χ0) is 11.5. The van der Waals surface area contributed by atoms with E-state index in [1.54, 1.807) is 6.20 Å². The van der Waals surface area contributed by atoms with Crippen LogP contribution in [0.4, 0.5) is 5.82 Å². The van der Waals surface area contributed by atoms with E-state index in [1.807, 2.05) is 6.92 Å². The topological polar surface area (TPSA) is 45.2 Å². The number of hydrogen-bond donors (Lipinski definition) is 2. The van der Waals surface area contributed by atoms with Crippen molar-refractivity contribution in [1.82, 2.24) is 4.98 Å². The second-order valence-corrected chi connectivity index (χ2v) is 5.45. The van der Waals surface area contributed by atoms with Gasteiger partial charge in [0, 0.05) is 17.2 Å². The SMILES string of the molecule is Cc1cc(Br)cnc1NCC1CCC(O)C1. The van der Waals surface area contributed by atoms with Gasteiger partial charge in [0.15, 0.2) is 0 Å². The molecule has 0 amide bonds. The van der Waals surface area contributed by atoms with Crippen molar-refractivity contribution in [3.63, 3.8) is 0 Å². The van der Waals surface area contributed by atoms with Crippen LogP contribution in [0.2, 0.25) is 0 Å². The first-order chi connectivity index (χ1) is 7.65.